The Morgan fingerprint density at radius 1 is 1.03 bits per heavy atom. The van der Waals surface area contributed by atoms with Gasteiger partial charge in [-0.2, -0.15) is 0 Å². The lowest BCUT2D eigenvalue weighted by Crippen LogP contribution is -2.44. The van der Waals surface area contributed by atoms with Crippen molar-refractivity contribution in [2.75, 3.05) is 50.5 Å². The molecule has 3 heterocycles. The van der Waals surface area contributed by atoms with Crippen LogP contribution in [0.3, 0.4) is 0 Å². The highest BCUT2D eigenvalue weighted by Gasteiger charge is 2.29. The van der Waals surface area contributed by atoms with Gasteiger partial charge in [-0.3, -0.25) is 0 Å². The Balaban J connectivity index is 1.21. The van der Waals surface area contributed by atoms with Crippen LogP contribution in [0.1, 0.15) is 37.2 Å². The predicted octanol–water partition coefficient (Wildman–Crippen LogP) is 3.13. The molecular weight excluding hydrogens is 376 g/mol. The van der Waals surface area contributed by atoms with Gasteiger partial charge in [-0.1, -0.05) is 12.1 Å². The highest BCUT2D eigenvalue weighted by atomic mass is 16.5. The molecule has 162 valence electrons. The zero-order valence-corrected chi connectivity index (χ0v) is 17.9. The maximum absolute atomic E-state index is 10.9. The largest absolute Gasteiger partial charge is 0.497 e. The monoisotopic (exact) mass is 410 g/mol. The van der Waals surface area contributed by atoms with Gasteiger partial charge in [0.1, 0.15) is 11.6 Å². The Labute approximate surface area is 179 Å². The molecule has 3 N–H and O–H groups in total. The third-order valence-corrected chi connectivity index (χ3v) is 6.80. The number of hydrogen-bond acceptors (Lipinski definition) is 6. The molecule has 30 heavy (non-hydrogen) atoms. The molecule has 6 nitrogen and oxygen atoms in total. The molecule has 1 atom stereocenters. The lowest BCUT2D eigenvalue weighted by molar-refractivity contribution is 0.0450. The number of rotatable bonds is 6. The number of piperidine rings is 2. The van der Waals surface area contributed by atoms with Gasteiger partial charge in [-0.05, 0) is 80.4 Å². The lowest BCUT2D eigenvalue weighted by atomic mass is 9.88. The molecule has 4 rings (SSSR count). The second kappa shape index (κ2) is 9.67. The first-order chi connectivity index (χ1) is 14.6. The summed E-state index contributed by atoms with van der Waals surface area (Å²) < 4.78 is 5.26. The molecule has 6 heteroatoms. The molecule has 0 spiro atoms. The maximum Gasteiger partial charge on any atom is 0.128 e. The van der Waals surface area contributed by atoms with Gasteiger partial charge in [0.05, 0.1) is 25.1 Å². The molecule has 1 unspecified atom stereocenters. The molecule has 2 fully saturated rings. The number of β-amino-alcohol motifs (C(OH)–C–C–N with tert-alkyl or cyclic N) is 1. The van der Waals surface area contributed by atoms with Gasteiger partial charge in [-0.25, -0.2) is 4.98 Å². The molecule has 1 aromatic heterocycles. The van der Waals surface area contributed by atoms with Gasteiger partial charge in [0.25, 0.3) is 0 Å². The van der Waals surface area contributed by atoms with Gasteiger partial charge >= 0.3 is 0 Å². The van der Waals surface area contributed by atoms with Crippen molar-refractivity contribution >= 4 is 11.5 Å². The smallest absolute Gasteiger partial charge is 0.128 e. The Morgan fingerprint density at radius 3 is 2.33 bits per heavy atom. The van der Waals surface area contributed by atoms with E-state index in [-0.39, 0.29) is 6.10 Å². The minimum Gasteiger partial charge on any atom is -0.497 e. The fourth-order valence-corrected chi connectivity index (χ4v) is 4.84. The number of hydrogen-bond donors (Lipinski definition) is 2. The van der Waals surface area contributed by atoms with Crippen LogP contribution < -0.4 is 15.4 Å². The third-order valence-electron chi connectivity index (χ3n) is 6.80. The van der Waals surface area contributed by atoms with E-state index in [4.69, 9.17) is 10.5 Å². The average Bonchev–Trinajstić information content (AvgIpc) is 2.80. The fourth-order valence-electron chi connectivity index (χ4n) is 4.84. The Hall–Kier alpha value is -2.31. The van der Waals surface area contributed by atoms with Crippen molar-refractivity contribution in [3.8, 4) is 5.75 Å². The first-order valence-electron chi connectivity index (χ1n) is 11.1. The highest BCUT2D eigenvalue weighted by molar-refractivity contribution is 5.46. The van der Waals surface area contributed by atoms with E-state index >= 15 is 0 Å². The van der Waals surface area contributed by atoms with Crippen LogP contribution in [0.2, 0.25) is 0 Å². The molecule has 0 aliphatic carbocycles. The number of nitrogens with zero attached hydrogens (tertiary/aromatic N) is 3. The summed E-state index contributed by atoms with van der Waals surface area (Å²) in [6.07, 6.45) is 5.79. The van der Waals surface area contributed by atoms with E-state index in [0.29, 0.717) is 17.5 Å². The molecule has 0 radical (unpaired) electrons. The SMILES string of the molecule is COc1ccc(C2CCN(CC(O)C3CCN(c4ccc(N)cn4)CC3)CC2)cc1. The van der Waals surface area contributed by atoms with Crippen molar-refractivity contribution in [2.45, 2.75) is 37.7 Å². The molecule has 2 aliphatic rings. The van der Waals surface area contributed by atoms with Crippen molar-refractivity contribution < 1.29 is 9.84 Å². The second-order valence-electron chi connectivity index (χ2n) is 8.69. The summed E-state index contributed by atoms with van der Waals surface area (Å²) in [7, 11) is 1.71. The van der Waals surface area contributed by atoms with E-state index in [9.17, 15) is 5.11 Å². The molecule has 0 bridgehead atoms. The van der Waals surface area contributed by atoms with Crippen molar-refractivity contribution in [3.63, 3.8) is 0 Å². The van der Waals surface area contributed by atoms with Gasteiger partial charge in [0, 0.05) is 19.6 Å². The number of benzene rings is 1. The number of aliphatic hydroxyl groups is 1. The van der Waals surface area contributed by atoms with Crippen LogP contribution in [0.5, 0.6) is 5.75 Å². The minimum atomic E-state index is -0.246. The Bertz CT molecular complexity index is 780. The van der Waals surface area contributed by atoms with Crippen molar-refractivity contribution in [3.05, 3.63) is 48.2 Å². The average molecular weight is 411 g/mol. The van der Waals surface area contributed by atoms with Crippen molar-refractivity contribution in [1.82, 2.24) is 9.88 Å². The summed E-state index contributed by atoms with van der Waals surface area (Å²) in [5.74, 6) is 2.88. The number of nitrogens with two attached hydrogens (primary N) is 1. The number of ether oxygens (including phenoxy) is 1. The van der Waals surface area contributed by atoms with Crippen LogP contribution >= 0.6 is 0 Å². The van der Waals surface area contributed by atoms with Crippen LogP contribution in [-0.2, 0) is 0 Å². The van der Waals surface area contributed by atoms with Gasteiger partial charge in [-0.15, -0.1) is 0 Å². The third kappa shape index (κ3) is 5.05. The summed E-state index contributed by atoms with van der Waals surface area (Å²) in [6, 6.07) is 12.4. The number of pyridine rings is 1. The summed E-state index contributed by atoms with van der Waals surface area (Å²) in [5.41, 5.74) is 7.83. The first-order valence-corrected chi connectivity index (χ1v) is 11.1. The van der Waals surface area contributed by atoms with Gasteiger partial charge < -0.3 is 25.4 Å². The highest BCUT2D eigenvalue weighted by Crippen LogP contribution is 2.30. The van der Waals surface area contributed by atoms with E-state index in [2.05, 4.69) is 39.0 Å². The molecule has 0 saturated carbocycles. The molecule has 0 amide bonds. The van der Waals surface area contributed by atoms with E-state index in [1.807, 2.05) is 12.1 Å². The maximum atomic E-state index is 10.9. The van der Waals surface area contributed by atoms with Crippen LogP contribution in [0.4, 0.5) is 11.5 Å². The summed E-state index contributed by atoms with van der Waals surface area (Å²) in [4.78, 5) is 9.17. The zero-order chi connectivity index (χ0) is 20.9. The van der Waals surface area contributed by atoms with Gasteiger partial charge in [0.15, 0.2) is 0 Å². The number of likely N-dealkylation sites (tertiary alicyclic amines) is 1. The number of nitrogen functional groups attached to an aromatic ring is 1. The minimum absolute atomic E-state index is 0.246. The number of aliphatic hydroxyl groups excluding tert-OH is 1. The Morgan fingerprint density at radius 2 is 1.73 bits per heavy atom. The van der Waals surface area contributed by atoms with Crippen molar-refractivity contribution in [2.24, 2.45) is 5.92 Å². The quantitative estimate of drug-likeness (QED) is 0.762. The molecular formula is C24H34N4O2. The van der Waals surface area contributed by atoms with Gasteiger partial charge in [0.2, 0.25) is 0 Å². The molecule has 2 aromatic rings. The standard InChI is InChI=1S/C24H34N4O2/c1-30-22-5-2-18(3-6-22)19-8-12-27(13-9-19)17-23(29)20-10-14-28(15-11-20)24-7-4-21(25)16-26-24/h2-7,16,19-20,23,29H,8-15,17,25H2,1H3. The second-order valence-corrected chi connectivity index (χ2v) is 8.69. The van der Waals surface area contributed by atoms with Crippen LogP contribution in [0.15, 0.2) is 42.6 Å². The van der Waals surface area contributed by atoms with E-state index < -0.39 is 0 Å². The number of methoxy groups -OCH3 is 1. The fraction of sp³-hybridized carbons (Fsp3) is 0.542. The summed E-state index contributed by atoms with van der Waals surface area (Å²) in [6.45, 7) is 4.79. The first kappa shape index (κ1) is 20.9. The van der Waals surface area contributed by atoms with E-state index in [0.717, 1.165) is 70.0 Å². The predicted molar refractivity (Wildman–Crippen MR) is 121 cm³/mol. The summed E-state index contributed by atoms with van der Waals surface area (Å²) in [5, 5.41) is 10.9. The van der Waals surface area contributed by atoms with Crippen LogP contribution in [-0.4, -0.2) is 60.9 Å². The van der Waals surface area contributed by atoms with E-state index in [1.54, 1.807) is 13.3 Å². The molecule has 2 aliphatic heterocycles. The van der Waals surface area contributed by atoms with E-state index in [1.165, 1.54) is 5.56 Å². The lowest BCUT2D eigenvalue weighted by Gasteiger charge is -2.38. The normalized spacial score (nSPS) is 20.3. The zero-order valence-electron chi connectivity index (χ0n) is 17.9. The van der Waals surface area contributed by atoms with Crippen molar-refractivity contribution in [1.29, 1.82) is 0 Å². The van der Waals surface area contributed by atoms with Crippen LogP contribution in [0.25, 0.3) is 0 Å². The Kier molecular flexibility index (Phi) is 6.75. The van der Waals surface area contributed by atoms with Crippen LogP contribution in [0, 0.1) is 5.92 Å². The topological polar surface area (TPSA) is 74.9 Å². The summed E-state index contributed by atoms with van der Waals surface area (Å²) >= 11 is 0. The number of anilines is 2. The number of aromatic nitrogens is 1. The molecule has 1 aromatic carbocycles. The molecule has 2 saturated heterocycles.